The average molecular weight is 131 g/mol. The van der Waals surface area contributed by atoms with E-state index in [9.17, 15) is 8.42 Å². The lowest BCUT2D eigenvalue weighted by molar-refractivity contribution is 0.615. The molecule has 0 aliphatic rings. The molecular formula is C2H7ClO2S. The zero-order chi connectivity index (χ0) is 4.50. The Kier molecular flexibility index (Phi) is 3.84. The molecule has 0 saturated carbocycles. The minimum atomic E-state index is -3.19. The first-order valence-electron chi connectivity index (χ1n) is 0.896. The van der Waals surface area contributed by atoms with Crippen LogP contribution in [0.15, 0.2) is 0 Å². The molecule has 0 atom stereocenters. The van der Waals surface area contributed by atoms with E-state index in [1.54, 1.807) is 0 Å². The molecule has 0 aromatic rings. The SMILES string of the molecule is C.CS(=O)(=O)Cl. The zero-order valence-electron chi connectivity index (χ0n) is 2.60. The van der Waals surface area contributed by atoms with Crippen LogP contribution >= 0.6 is 10.7 Å². The first-order valence-corrected chi connectivity index (χ1v) is 3.61. The van der Waals surface area contributed by atoms with Gasteiger partial charge < -0.3 is 0 Å². The van der Waals surface area contributed by atoms with E-state index in [1.165, 1.54) is 0 Å². The van der Waals surface area contributed by atoms with Crippen molar-refractivity contribution in [1.29, 1.82) is 0 Å². The Bertz CT molecular complexity index is 94.7. The quantitative estimate of drug-likeness (QED) is 0.455. The lowest BCUT2D eigenvalue weighted by Crippen LogP contribution is -1.76. The third kappa shape index (κ3) is 773. The molecule has 0 fully saturated rings. The van der Waals surface area contributed by atoms with Crippen molar-refractivity contribution in [2.24, 2.45) is 0 Å². The Morgan fingerprint density at radius 1 is 1.50 bits per heavy atom. The Hall–Kier alpha value is 0.240. The highest BCUT2D eigenvalue weighted by Gasteiger charge is 1.83. The second kappa shape index (κ2) is 2.42. The summed E-state index contributed by atoms with van der Waals surface area (Å²) in [4.78, 5) is 0. The summed E-state index contributed by atoms with van der Waals surface area (Å²) in [5.74, 6) is 0. The molecule has 0 unspecified atom stereocenters. The molecule has 0 radical (unpaired) electrons. The van der Waals surface area contributed by atoms with Gasteiger partial charge >= 0.3 is 0 Å². The van der Waals surface area contributed by atoms with Gasteiger partial charge in [0.05, 0.1) is 6.26 Å². The van der Waals surface area contributed by atoms with Crippen molar-refractivity contribution in [1.82, 2.24) is 0 Å². The summed E-state index contributed by atoms with van der Waals surface area (Å²) in [5, 5.41) is 0. The van der Waals surface area contributed by atoms with Gasteiger partial charge in [0, 0.05) is 10.7 Å². The maximum atomic E-state index is 9.40. The van der Waals surface area contributed by atoms with Crippen LogP contribution in [-0.4, -0.2) is 14.7 Å². The van der Waals surface area contributed by atoms with E-state index >= 15 is 0 Å². The maximum absolute atomic E-state index is 9.40. The molecular weight excluding hydrogens is 124 g/mol. The van der Waals surface area contributed by atoms with Gasteiger partial charge in [-0.2, -0.15) is 0 Å². The molecule has 2 nitrogen and oxygen atoms in total. The van der Waals surface area contributed by atoms with E-state index in [1.807, 2.05) is 0 Å². The van der Waals surface area contributed by atoms with Crippen LogP contribution in [0.25, 0.3) is 0 Å². The number of hydrogen-bond donors (Lipinski definition) is 0. The van der Waals surface area contributed by atoms with Gasteiger partial charge in [-0.3, -0.25) is 0 Å². The van der Waals surface area contributed by atoms with Gasteiger partial charge in [-0.15, -0.1) is 0 Å². The molecule has 0 amide bonds. The van der Waals surface area contributed by atoms with Gasteiger partial charge in [0.25, 0.3) is 0 Å². The molecule has 0 heterocycles. The van der Waals surface area contributed by atoms with Crippen molar-refractivity contribution < 1.29 is 8.42 Å². The molecule has 6 heavy (non-hydrogen) atoms. The third-order valence-electron chi connectivity index (χ3n) is 0. The Balaban J connectivity index is 0. The first kappa shape index (κ1) is 9.53. The minimum absolute atomic E-state index is 0. The first-order chi connectivity index (χ1) is 2.00. The van der Waals surface area contributed by atoms with Crippen molar-refractivity contribution >= 4 is 19.7 Å². The van der Waals surface area contributed by atoms with Gasteiger partial charge in [0.15, 0.2) is 0 Å². The molecule has 4 heteroatoms. The van der Waals surface area contributed by atoms with Crippen molar-refractivity contribution in [2.75, 3.05) is 6.26 Å². The number of halogens is 1. The standard InChI is InChI=1S/CH3ClO2S.CH4/c1-5(2,3)4;/h1H3;1H4. The van der Waals surface area contributed by atoms with Crippen molar-refractivity contribution in [3.63, 3.8) is 0 Å². The maximum Gasteiger partial charge on any atom is 0.229 e. The Morgan fingerprint density at radius 3 is 1.50 bits per heavy atom. The summed E-state index contributed by atoms with van der Waals surface area (Å²) in [6.45, 7) is 0. The van der Waals surface area contributed by atoms with Crippen molar-refractivity contribution in [2.45, 2.75) is 7.43 Å². The van der Waals surface area contributed by atoms with E-state index in [0.29, 0.717) is 0 Å². The summed E-state index contributed by atoms with van der Waals surface area (Å²) in [6, 6.07) is 0. The molecule has 0 spiro atoms. The molecule has 40 valence electrons. The fourth-order valence-electron chi connectivity index (χ4n) is 0. The van der Waals surface area contributed by atoms with E-state index in [0.717, 1.165) is 6.26 Å². The highest BCUT2D eigenvalue weighted by Crippen LogP contribution is 1.83. The fraction of sp³-hybridized carbons (Fsp3) is 1.00. The predicted molar refractivity (Wildman–Crippen MR) is 27.4 cm³/mol. The summed E-state index contributed by atoms with van der Waals surface area (Å²) in [7, 11) is 1.31. The zero-order valence-corrected chi connectivity index (χ0v) is 4.18. The lowest BCUT2D eigenvalue weighted by Gasteiger charge is -1.65. The predicted octanol–water partition coefficient (Wildman–Crippen LogP) is 0.821. The van der Waals surface area contributed by atoms with Gasteiger partial charge in [-0.1, -0.05) is 7.43 Å². The number of rotatable bonds is 0. The summed E-state index contributed by atoms with van der Waals surface area (Å²) in [6.07, 6.45) is 0.925. The van der Waals surface area contributed by atoms with Gasteiger partial charge in [0.2, 0.25) is 9.05 Å². The Labute approximate surface area is 42.5 Å². The van der Waals surface area contributed by atoms with Crippen LogP contribution in [0.4, 0.5) is 0 Å². The van der Waals surface area contributed by atoms with Crippen LogP contribution in [0.1, 0.15) is 7.43 Å². The van der Waals surface area contributed by atoms with Crippen LogP contribution in [-0.2, 0) is 9.05 Å². The highest BCUT2D eigenvalue weighted by molar-refractivity contribution is 8.13. The van der Waals surface area contributed by atoms with E-state index in [2.05, 4.69) is 10.7 Å². The fourth-order valence-corrected chi connectivity index (χ4v) is 0. The molecule has 0 aliphatic carbocycles. The summed E-state index contributed by atoms with van der Waals surface area (Å²) in [5.41, 5.74) is 0. The third-order valence-corrected chi connectivity index (χ3v) is 0. The monoisotopic (exact) mass is 130 g/mol. The molecule has 0 N–H and O–H groups in total. The van der Waals surface area contributed by atoms with E-state index in [4.69, 9.17) is 0 Å². The normalized spacial score (nSPS) is 9.67. The molecule has 0 aliphatic heterocycles. The van der Waals surface area contributed by atoms with Crippen molar-refractivity contribution in [3.8, 4) is 0 Å². The van der Waals surface area contributed by atoms with Crippen LogP contribution in [0.5, 0.6) is 0 Å². The smallest absolute Gasteiger partial charge is 0.213 e. The Morgan fingerprint density at radius 2 is 1.50 bits per heavy atom. The van der Waals surface area contributed by atoms with Crippen LogP contribution in [0.3, 0.4) is 0 Å². The van der Waals surface area contributed by atoms with Gasteiger partial charge in [-0.25, -0.2) is 8.42 Å². The molecule has 0 bridgehead atoms. The summed E-state index contributed by atoms with van der Waals surface area (Å²) >= 11 is 0. The minimum Gasteiger partial charge on any atom is -0.213 e. The topological polar surface area (TPSA) is 34.1 Å². The van der Waals surface area contributed by atoms with E-state index < -0.39 is 9.05 Å². The van der Waals surface area contributed by atoms with Gasteiger partial charge in [-0.05, 0) is 0 Å². The molecule has 0 rings (SSSR count). The second-order valence-corrected chi connectivity index (χ2v) is 3.73. The van der Waals surface area contributed by atoms with Gasteiger partial charge in [0.1, 0.15) is 0 Å². The number of hydrogen-bond acceptors (Lipinski definition) is 2. The lowest BCUT2D eigenvalue weighted by atomic mass is 12.0. The average Bonchev–Trinajstić information content (AvgIpc) is 0.722. The highest BCUT2D eigenvalue weighted by atomic mass is 35.7. The molecule has 0 saturated heterocycles. The molecule has 0 aromatic heterocycles. The van der Waals surface area contributed by atoms with Crippen molar-refractivity contribution in [3.05, 3.63) is 0 Å². The molecule has 0 aromatic carbocycles. The second-order valence-electron chi connectivity index (χ2n) is 0.682. The van der Waals surface area contributed by atoms with Crippen LogP contribution < -0.4 is 0 Å². The largest absolute Gasteiger partial charge is 0.229 e. The van der Waals surface area contributed by atoms with Crippen LogP contribution in [0, 0.1) is 0 Å². The summed E-state index contributed by atoms with van der Waals surface area (Å²) < 4.78 is 18.8. The van der Waals surface area contributed by atoms with Crippen LogP contribution in [0.2, 0.25) is 0 Å². The van der Waals surface area contributed by atoms with E-state index in [-0.39, 0.29) is 7.43 Å².